The summed E-state index contributed by atoms with van der Waals surface area (Å²) in [5.41, 5.74) is 0.132. The van der Waals surface area contributed by atoms with Gasteiger partial charge < -0.3 is 9.72 Å². The minimum Gasteiger partial charge on any atom is -0.454 e. The molecule has 0 aliphatic rings. The molecule has 0 spiro atoms. The third kappa shape index (κ3) is 4.39. The zero-order valence-corrected chi connectivity index (χ0v) is 13.5. The molecule has 2 aromatic carbocycles. The molecule has 0 saturated heterocycles. The smallest absolute Gasteiger partial charge is 0.403 e. The lowest BCUT2D eigenvalue weighted by atomic mass is 10.1. The lowest BCUT2D eigenvalue weighted by Gasteiger charge is -2.05. The number of carbonyl (C=O) groups is 1. The average molecular weight is 349 g/mol. The maximum absolute atomic E-state index is 13.8. The fourth-order valence-corrected chi connectivity index (χ4v) is 2.18. The maximum Gasteiger partial charge on any atom is 0.403 e. The Kier molecular flexibility index (Phi) is 6.03. The molecule has 0 aliphatic carbocycles. The van der Waals surface area contributed by atoms with E-state index in [-0.39, 0.29) is 5.82 Å². The molecule has 1 aromatic heterocycles. The number of H-pyrrole nitrogens is 1. The van der Waals surface area contributed by atoms with E-state index in [0.717, 1.165) is 5.39 Å². The Labute approximate surface area is 142 Å². The highest BCUT2D eigenvalue weighted by molar-refractivity contribution is 6.61. The second-order valence-electron chi connectivity index (χ2n) is 4.59. The zero-order valence-electron chi connectivity index (χ0n) is 12.8. The molecule has 0 atom stereocenters. The Morgan fingerprint density at radius 1 is 1.21 bits per heavy atom. The molecule has 0 unspecified atom stereocenters. The Balaban J connectivity index is 0.000000301. The first-order valence-corrected chi connectivity index (χ1v) is 7.47. The van der Waals surface area contributed by atoms with Gasteiger partial charge in [0.25, 0.3) is 0 Å². The summed E-state index contributed by atoms with van der Waals surface area (Å²) in [4.78, 5) is 27.6. The summed E-state index contributed by atoms with van der Waals surface area (Å²) in [5, 5.41) is 0.724. The van der Waals surface area contributed by atoms with E-state index in [2.05, 4.69) is 14.7 Å². The highest BCUT2D eigenvalue weighted by atomic mass is 35.5. The number of rotatable bonds is 2. The van der Waals surface area contributed by atoms with Crippen LogP contribution in [0, 0.1) is 5.82 Å². The molecule has 0 radical (unpaired) electrons. The minimum atomic E-state index is -0.738. The molecule has 5 nitrogen and oxygen atoms in total. The number of aromatic nitrogens is 2. The molecule has 24 heavy (non-hydrogen) atoms. The van der Waals surface area contributed by atoms with Gasteiger partial charge in [0.1, 0.15) is 5.82 Å². The van der Waals surface area contributed by atoms with E-state index in [0.29, 0.717) is 23.4 Å². The lowest BCUT2D eigenvalue weighted by molar-refractivity contribution is 0.180. The van der Waals surface area contributed by atoms with Gasteiger partial charge in [0.05, 0.1) is 17.8 Å². The van der Waals surface area contributed by atoms with Crippen LogP contribution in [0.5, 0.6) is 0 Å². The van der Waals surface area contributed by atoms with Crippen molar-refractivity contribution in [1.29, 1.82) is 0 Å². The minimum absolute atomic E-state index is 0.333. The van der Waals surface area contributed by atoms with Gasteiger partial charge in [0.15, 0.2) is 0 Å². The molecule has 1 heterocycles. The number of halogens is 2. The van der Waals surface area contributed by atoms with Crippen LogP contribution in [-0.2, 0) is 4.74 Å². The molecule has 1 N–H and O–H groups in total. The van der Waals surface area contributed by atoms with Gasteiger partial charge in [-0.3, -0.25) is 0 Å². The number of ether oxygens (including phenoxy) is 1. The summed E-state index contributed by atoms with van der Waals surface area (Å²) in [7, 11) is 0. The number of aromatic amines is 1. The first-order chi connectivity index (χ1) is 11.5. The number of hydrogen-bond acceptors (Lipinski definition) is 4. The van der Waals surface area contributed by atoms with Gasteiger partial charge in [0, 0.05) is 22.6 Å². The van der Waals surface area contributed by atoms with Gasteiger partial charge in [-0.05, 0) is 25.1 Å². The number of carbonyl (C=O) groups excluding carboxylic acids is 1. The van der Waals surface area contributed by atoms with Crippen LogP contribution < -0.4 is 5.69 Å². The number of benzene rings is 2. The largest absolute Gasteiger partial charge is 0.454 e. The quantitative estimate of drug-likeness (QED) is 0.707. The standard InChI is InChI=1S/C14H9FN2O.C3H5ClO2/c15-11-7-3-1-5-9(11)13-10-6-2-4-8-12(10)16-14(18)17-13;1-2-6-3(4)5/h1-8H,(H,16,17,18);2H2,1H3. The van der Waals surface area contributed by atoms with E-state index in [1.54, 1.807) is 37.3 Å². The summed E-state index contributed by atoms with van der Waals surface area (Å²) in [6, 6.07) is 13.5. The number of nitrogens with one attached hydrogen (secondary N) is 1. The van der Waals surface area contributed by atoms with Gasteiger partial charge in [-0.25, -0.2) is 14.0 Å². The predicted octanol–water partition coefficient (Wildman–Crippen LogP) is 4.11. The topological polar surface area (TPSA) is 72.1 Å². The average Bonchev–Trinajstić information content (AvgIpc) is 2.55. The molecule has 0 bridgehead atoms. The molecule has 0 amide bonds. The second kappa shape index (κ2) is 8.21. The van der Waals surface area contributed by atoms with E-state index in [4.69, 9.17) is 11.6 Å². The third-order valence-corrected chi connectivity index (χ3v) is 3.13. The first-order valence-electron chi connectivity index (χ1n) is 7.09. The van der Waals surface area contributed by atoms with Crippen molar-refractivity contribution in [3.8, 4) is 11.3 Å². The number of fused-ring (bicyclic) bond motifs is 1. The monoisotopic (exact) mass is 348 g/mol. The number of para-hydroxylation sites is 1. The molecule has 124 valence electrons. The normalized spacial score (nSPS) is 9.96. The van der Waals surface area contributed by atoms with Gasteiger partial charge in [-0.1, -0.05) is 30.3 Å². The fourth-order valence-electron chi connectivity index (χ4n) is 2.08. The number of nitrogens with zero attached hydrogens (tertiary/aromatic N) is 1. The third-order valence-electron chi connectivity index (χ3n) is 3.02. The highest BCUT2D eigenvalue weighted by Gasteiger charge is 2.10. The van der Waals surface area contributed by atoms with Crippen LogP contribution in [0.15, 0.2) is 53.3 Å². The zero-order chi connectivity index (χ0) is 17.5. The molecule has 3 aromatic rings. The summed E-state index contributed by atoms with van der Waals surface area (Å²) >= 11 is 4.72. The van der Waals surface area contributed by atoms with E-state index in [1.807, 2.05) is 12.1 Å². The Hall–Kier alpha value is -2.73. The SMILES string of the molecule is CCOC(=O)Cl.O=c1nc(-c2ccccc2F)c2ccccc2[nH]1. The van der Waals surface area contributed by atoms with Crippen molar-refractivity contribution in [2.75, 3.05) is 6.61 Å². The van der Waals surface area contributed by atoms with E-state index in [1.165, 1.54) is 6.07 Å². The van der Waals surface area contributed by atoms with Crippen LogP contribution in [0.25, 0.3) is 22.2 Å². The first kappa shape index (κ1) is 17.6. The van der Waals surface area contributed by atoms with E-state index < -0.39 is 11.1 Å². The lowest BCUT2D eigenvalue weighted by Crippen LogP contribution is -2.11. The number of hydrogen-bond donors (Lipinski definition) is 1. The summed E-state index contributed by atoms with van der Waals surface area (Å²) < 4.78 is 18.0. The molecular formula is C17H14ClFN2O3. The van der Waals surface area contributed by atoms with Crippen LogP contribution in [-0.4, -0.2) is 22.0 Å². The molecule has 0 aliphatic heterocycles. The summed E-state index contributed by atoms with van der Waals surface area (Å²) in [6.07, 6.45) is 0. The van der Waals surface area contributed by atoms with E-state index in [9.17, 15) is 14.0 Å². The van der Waals surface area contributed by atoms with Crippen molar-refractivity contribution >= 4 is 27.9 Å². The van der Waals surface area contributed by atoms with E-state index >= 15 is 0 Å². The summed E-state index contributed by atoms with van der Waals surface area (Å²) in [6.45, 7) is 2.04. The molecule has 0 saturated carbocycles. The van der Waals surface area contributed by atoms with Gasteiger partial charge in [0.2, 0.25) is 0 Å². The maximum atomic E-state index is 13.8. The van der Waals surface area contributed by atoms with Crippen LogP contribution in [0.3, 0.4) is 0 Å². The van der Waals surface area contributed by atoms with Gasteiger partial charge in [-0.2, -0.15) is 4.98 Å². The molecule has 3 rings (SSSR count). The fraction of sp³-hybridized carbons (Fsp3) is 0.118. The van der Waals surface area contributed by atoms with Gasteiger partial charge >= 0.3 is 11.1 Å². The molecule has 0 fully saturated rings. The second-order valence-corrected chi connectivity index (χ2v) is 4.90. The highest BCUT2D eigenvalue weighted by Crippen LogP contribution is 2.25. The molecular weight excluding hydrogens is 335 g/mol. The van der Waals surface area contributed by atoms with Crippen LogP contribution in [0.1, 0.15) is 6.92 Å². The van der Waals surface area contributed by atoms with Crippen molar-refractivity contribution < 1.29 is 13.9 Å². The Morgan fingerprint density at radius 2 is 1.88 bits per heavy atom. The van der Waals surface area contributed by atoms with Crippen LogP contribution in [0.2, 0.25) is 0 Å². The predicted molar refractivity (Wildman–Crippen MR) is 90.6 cm³/mol. The van der Waals surface area contributed by atoms with Crippen molar-refractivity contribution in [3.63, 3.8) is 0 Å². The summed E-state index contributed by atoms with van der Waals surface area (Å²) in [5.74, 6) is -0.388. The molecule has 7 heteroatoms. The van der Waals surface area contributed by atoms with Crippen molar-refractivity contribution in [2.45, 2.75) is 6.92 Å². The van der Waals surface area contributed by atoms with Crippen LogP contribution in [0.4, 0.5) is 9.18 Å². The van der Waals surface area contributed by atoms with Crippen molar-refractivity contribution in [3.05, 3.63) is 64.8 Å². The van der Waals surface area contributed by atoms with Gasteiger partial charge in [-0.15, -0.1) is 0 Å². The Morgan fingerprint density at radius 3 is 2.50 bits per heavy atom. The van der Waals surface area contributed by atoms with Crippen LogP contribution >= 0.6 is 11.6 Å². The van der Waals surface area contributed by atoms with Crippen molar-refractivity contribution in [2.24, 2.45) is 0 Å². The Bertz CT molecular complexity index is 911. The van der Waals surface area contributed by atoms with Crippen molar-refractivity contribution in [1.82, 2.24) is 9.97 Å².